The SMILES string of the molecule is CC1CCN(C2CN(CC3CCN(C)C3)C2)CC1. The fraction of sp³-hybridized carbons (Fsp3) is 1.00. The molecule has 0 aromatic heterocycles. The van der Waals surface area contributed by atoms with Gasteiger partial charge in [-0.25, -0.2) is 0 Å². The molecular weight excluding hydrogens is 222 g/mol. The van der Waals surface area contributed by atoms with Crippen LogP contribution in [-0.4, -0.2) is 73.6 Å². The molecule has 3 fully saturated rings. The van der Waals surface area contributed by atoms with E-state index in [9.17, 15) is 0 Å². The first-order chi connectivity index (χ1) is 8.70. The molecule has 104 valence electrons. The first kappa shape index (κ1) is 12.9. The summed E-state index contributed by atoms with van der Waals surface area (Å²) in [6.45, 7) is 11.8. The molecule has 0 N–H and O–H groups in total. The predicted molar refractivity (Wildman–Crippen MR) is 75.8 cm³/mol. The highest BCUT2D eigenvalue weighted by atomic mass is 15.3. The Bertz CT molecular complexity index is 267. The maximum Gasteiger partial charge on any atom is 0.0350 e. The number of hydrogen-bond acceptors (Lipinski definition) is 3. The minimum Gasteiger partial charge on any atom is -0.306 e. The fourth-order valence-corrected chi connectivity index (χ4v) is 3.86. The number of rotatable bonds is 3. The molecule has 3 rings (SSSR count). The summed E-state index contributed by atoms with van der Waals surface area (Å²) in [6.07, 6.45) is 4.26. The lowest BCUT2D eigenvalue weighted by Gasteiger charge is -2.48. The van der Waals surface area contributed by atoms with E-state index >= 15 is 0 Å². The molecule has 18 heavy (non-hydrogen) atoms. The van der Waals surface area contributed by atoms with Gasteiger partial charge in [0.15, 0.2) is 0 Å². The van der Waals surface area contributed by atoms with Crippen LogP contribution >= 0.6 is 0 Å². The predicted octanol–water partition coefficient (Wildman–Crippen LogP) is 1.35. The van der Waals surface area contributed by atoms with E-state index in [2.05, 4.69) is 28.7 Å². The second-order valence-electron chi connectivity index (χ2n) is 7.01. The molecule has 0 bridgehead atoms. The fourth-order valence-electron chi connectivity index (χ4n) is 3.86. The van der Waals surface area contributed by atoms with Gasteiger partial charge < -0.3 is 4.90 Å². The summed E-state index contributed by atoms with van der Waals surface area (Å²) in [5.41, 5.74) is 0. The summed E-state index contributed by atoms with van der Waals surface area (Å²) < 4.78 is 0. The smallest absolute Gasteiger partial charge is 0.0350 e. The Balaban J connectivity index is 1.36. The Morgan fingerprint density at radius 1 is 0.944 bits per heavy atom. The van der Waals surface area contributed by atoms with Gasteiger partial charge in [0.05, 0.1) is 0 Å². The monoisotopic (exact) mass is 251 g/mol. The lowest BCUT2D eigenvalue weighted by atomic mass is 9.95. The highest BCUT2D eigenvalue weighted by Crippen LogP contribution is 2.24. The minimum atomic E-state index is 0.886. The summed E-state index contributed by atoms with van der Waals surface area (Å²) >= 11 is 0. The van der Waals surface area contributed by atoms with E-state index in [-0.39, 0.29) is 0 Å². The zero-order valence-corrected chi connectivity index (χ0v) is 12.1. The van der Waals surface area contributed by atoms with Gasteiger partial charge in [-0.3, -0.25) is 9.80 Å². The highest BCUT2D eigenvalue weighted by molar-refractivity contribution is 4.91. The maximum absolute atomic E-state index is 2.75. The topological polar surface area (TPSA) is 9.72 Å². The number of nitrogens with zero attached hydrogens (tertiary/aromatic N) is 3. The first-order valence-electron chi connectivity index (χ1n) is 7.85. The average Bonchev–Trinajstić information content (AvgIpc) is 2.71. The summed E-state index contributed by atoms with van der Waals surface area (Å²) in [7, 11) is 2.26. The third kappa shape index (κ3) is 2.89. The lowest BCUT2D eigenvalue weighted by molar-refractivity contribution is 0.00867. The second kappa shape index (κ2) is 5.48. The maximum atomic E-state index is 2.75. The van der Waals surface area contributed by atoms with Crippen molar-refractivity contribution in [2.24, 2.45) is 11.8 Å². The third-order valence-corrected chi connectivity index (χ3v) is 5.28. The van der Waals surface area contributed by atoms with Crippen molar-refractivity contribution >= 4 is 0 Å². The molecule has 3 aliphatic rings. The molecule has 0 saturated carbocycles. The van der Waals surface area contributed by atoms with Crippen LogP contribution in [0.4, 0.5) is 0 Å². The largest absolute Gasteiger partial charge is 0.306 e. The second-order valence-corrected chi connectivity index (χ2v) is 7.01. The van der Waals surface area contributed by atoms with Gasteiger partial charge in [0.25, 0.3) is 0 Å². The van der Waals surface area contributed by atoms with Crippen LogP contribution in [0.2, 0.25) is 0 Å². The van der Waals surface area contributed by atoms with Gasteiger partial charge in [-0.05, 0) is 57.8 Å². The van der Waals surface area contributed by atoms with Crippen molar-refractivity contribution < 1.29 is 0 Å². The van der Waals surface area contributed by atoms with Gasteiger partial charge in [-0.15, -0.1) is 0 Å². The quantitative estimate of drug-likeness (QED) is 0.750. The molecule has 3 nitrogen and oxygen atoms in total. The molecule has 0 aromatic carbocycles. The van der Waals surface area contributed by atoms with Crippen LogP contribution in [0.1, 0.15) is 26.2 Å². The molecule has 3 heteroatoms. The van der Waals surface area contributed by atoms with Crippen LogP contribution in [0.3, 0.4) is 0 Å². The van der Waals surface area contributed by atoms with E-state index in [1.54, 1.807) is 0 Å². The molecule has 1 atom stereocenters. The van der Waals surface area contributed by atoms with E-state index in [1.165, 1.54) is 65.1 Å². The molecule has 0 amide bonds. The van der Waals surface area contributed by atoms with Crippen molar-refractivity contribution in [2.45, 2.75) is 32.2 Å². The zero-order chi connectivity index (χ0) is 12.5. The zero-order valence-electron chi connectivity index (χ0n) is 12.1. The van der Waals surface area contributed by atoms with Crippen LogP contribution in [0.15, 0.2) is 0 Å². The normalized spacial score (nSPS) is 34.0. The van der Waals surface area contributed by atoms with Crippen molar-refractivity contribution in [2.75, 3.05) is 52.9 Å². The van der Waals surface area contributed by atoms with Crippen LogP contribution in [0.25, 0.3) is 0 Å². The van der Waals surface area contributed by atoms with Crippen LogP contribution in [-0.2, 0) is 0 Å². The van der Waals surface area contributed by atoms with Gasteiger partial charge in [-0.1, -0.05) is 6.92 Å². The molecule has 0 aliphatic carbocycles. The minimum absolute atomic E-state index is 0.886. The highest BCUT2D eigenvalue weighted by Gasteiger charge is 2.34. The standard InChI is InChI=1S/C15H29N3/c1-13-3-7-18(8-4-13)15-11-17(12-15)10-14-5-6-16(2)9-14/h13-15H,3-12H2,1-2H3. The third-order valence-electron chi connectivity index (χ3n) is 5.28. The molecule has 3 heterocycles. The van der Waals surface area contributed by atoms with E-state index in [1.807, 2.05) is 0 Å². The number of piperidine rings is 1. The average molecular weight is 251 g/mol. The Kier molecular flexibility index (Phi) is 3.92. The molecule has 0 radical (unpaired) electrons. The first-order valence-corrected chi connectivity index (χ1v) is 7.85. The summed E-state index contributed by atoms with van der Waals surface area (Å²) in [5, 5.41) is 0. The van der Waals surface area contributed by atoms with Gasteiger partial charge in [-0.2, -0.15) is 0 Å². The Morgan fingerprint density at radius 2 is 1.67 bits per heavy atom. The lowest BCUT2D eigenvalue weighted by Crippen LogP contribution is -2.61. The van der Waals surface area contributed by atoms with Crippen molar-refractivity contribution in [3.8, 4) is 0 Å². The van der Waals surface area contributed by atoms with Crippen LogP contribution in [0.5, 0.6) is 0 Å². The van der Waals surface area contributed by atoms with Gasteiger partial charge in [0.1, 0.15) is 0 Å². The van der Waals surface area contributed by atoms with E-state index < -0.39 is 0 Å². The van der Waals surface area contributed by atoms with Gasteiger partial charge in [0, 0.05) is 32.2 Å². The molecular formula is C15H29N3. The van der Waals surface area contributed by atoms with Crippen molar-refractivity contribution in [3.05, 3.63) is 0 Å². The molecule has 0 spiro atoms. The van der Waals surface area contributed by atoms with Crippen LogP contribution in [0, 0.1) is 11.8 Å². The van der Waals surface area contributed by atoms with Gasteiger partial charge >= 0.3 is 0 Å². The number of hydrogen-bond donors (Lipinski definition) is 0. The van der Waals surface area contributed by atoms with E-state index in [0.717, 1.165) is 17.9 Å². The van der Waals surface area contributed by atoms with Crippen molar-refractivity contribution in [1.29, 1.82) is 0 Å². The Labute approximate surface area is 112 Å². The summed E-state index contributed by atoms with van der Waals surface area (Å²) in [6, 6.07) is 0.886. The number of likely N-dealkylation sites (tertiary alicyclic amines) is 3. The van der Waals surface area contributed by atoms with E-state index in [4.69, 9.17) is 0 Å². The van der Waals surface area contributed by atoms with Crippen molar-refractivity contribution in [3.63, 3.8) is 0 Å². The Morgan fingerprint density at radius 3 is 2.28 bits per heavy atom. The van der Waals surface area contributed by atoms with Crippen LogP contribution < -0.4 is 0 Å². The molecule has 3 aliphatic heterocycles. The molecule has 1 unspecified atom stereocenters. The molecule has 3 saturated heterocycles. The van der Waals surface area contributed by atoms with Crippen molar-refractivity contribution in [1.82, 2.24) is 14.7 Å². The van der Waals surface area contributed by atoms with E-state index in [0.29, 0.717) is 0 Å². The van der Waals surface area contributed by atoms with Gasteiger partial charge in [0.2, 0.25) is 0 Å². The summed E-state index contributed by atoms with van der Waals surface area (Å²) in [4.78, 5) is 7.91. The Hall–Kier alpha value is -0.120. The summed E-state index contributed by atoms with van der Waals surface area (Å²) in [5.74, 6) is 1.91. The molecule has 0 aromatic rings.